The number of hydrogen-bond donors (Lipinski definition) is 2. The van der Waals surface area contributed by atoms with Crippen molar-refractivity contribution in [2.75, 3.05) is 13.2 Å². The van der Waals surface area contributed by atoms with Crippen LogP contribution in [0.5, 0.6) is 5.75 Å². The van der Waals surface area contributed by atoms with E-state index in [2.05, 4.69) is 5.32 Å². The van der Waals surface area contributed by atoms with Gasteiger partial charge in [-0.2, -0.15) is 0 Å². The molecule has 0 fully saturated rings. The average molecular weight is 339 g/mol. The molecule has 2 rings (SSSR count). The van der Waals surface area contributed by atoms with Gasteiger partial charge in [-0.25, -0.2) is 13.2 Å². The predicted molar refractivity (Wildman–Crippen MR) is 85.2 cm³/mol. The minimum atomic E-state index is -1.52. The summed E-state index contributed by atoms with van der Waals surface area (Å²) >= 11 is 0. The summed E-state index contributed by atoms with van der Waals surface area (Å²) in [4.78, 5) is 0. The molecule has 0 aliphatic rings. The molecule has 0 saturated carbocycles. The highest BCUT2D eigenvalue weighted by molar-refractivity contribution is 5.29. The number of ether oxygens (including phenoxy) is 1. The lowest BCUT2D eigenvalue weighted by molar-refractivity contribution is 0.242. The molecule has 0 heterocycles. The standard InChI is InChI=1S/C18H20F3NO2/c1-2-6-24-14-5-3-4-12(7-14)10-22-17(11-23)13-8-15(19)18(21)16(20)9-13/h3-5,7-9,17,22-23H,2,6,10-11H2,1H3. The van der Waals surface area contributed by atoms with Crippen molar-refractivity contribution in [1.29, 1.82) is 0 Å². The van der Waals surface area contributed by atoms with Gasteiger partial charge >= 0.3 is 0 Å². The van der Waals surface area contributed by atoms with Crippen LogP contribution in [0.2, 0.25) is 0 Å². The summed E-state index contributed by atoms with van der Waals surface area (Å²) in [6.45, 7) is 2.61. The van der Waals surface area contributed by atoms with Crippen molar-refractivity contribution < 1.29 is 23.0 Å². The van der Waals surface area contributed by atoms with Crippen molar-refractivity contribution in [3.63, 3.8) is 0 Å². The lowest BCUT2D eigenvalue weighted by Crippen LogP contribution is -2.24. The van der Waals surface area contributed by atoms with Crippen LogP contribution in [0.4, 0.5) is 13.2 Å². The van der Waals surface area contributed by atoms with E-state index in [1.54, 1.807) is 0 Å². The first-order valence-electron chi connectivity index (χ1n) is 7.75. The normalized spacial score (nSPS) is 12.2. The molecule has 0 bridgehead atoms. The van der Waals surface area contributed by atoms with Gasteiger partial charge in [-0.1, -0.05) is 19.1 Å². The Bertz CT molecular complexity index is 656. The third-order valence-electron chi connectivity index (χ3n) is 3.51. The van der Waals surface area contributed by atoms with Crippen LogP contribution in [-0.4, -0.2) is 18.3 Å². The van der Waals surface area contributed by atoms with Crippen LogP contribution in [0.15, 0.2) is 36.4 Å². The highest BCUT2D eigenvalue weighted by Gasteiger charge is 2.16. The molecular formula is C18H20F3NO2. The van der Waals surface area contributed by atoms with Crippen molar-refractivity contribution in [2.45, 2.75) is 25.9 Å². The van der Waals surface area contributed by atoms with Gasteiger partial charge in [-0.05, 0) is 41.8 Å². The first-order valence-corrected chi connectivity index (χ1v) is 7.75. The minimum absolute atomic E-state index is 0.146. The molecule has 3 nitrogen and oxygen atoms in total. The van der Waals surface area contributed by atoms with Crippen LogP contribution in [0.1, 0.15) is 30.5 Å². The van der Waals surface area contributed by atoms with Crippen LogP contribution >= 0.6 is 0 Å². The van der Waals surface area contributed by atoms with E-state index in [1.165, 1.54) is 0 Å². The van der Waals surface area contributed by atoms with E-state index in [0.29, 0.717) is 13.2 Å². The van der Waals surface area contributed by atoms with Gasteiger partial charge < -0.3 is 15.2 Å². The van der Waals surface area contributed by atoms with E-state index in [0.717, 1.165) is 29.9 Å². The number of rotatable bonds is 8. The Morgan fingerprint density at radius 3 is 2.46 bits per heavy atom. The average Bonchev–Trinajstić information content (AvgIpc) is 2.58. The summed E-state index contributed by atoms with van der Waals surface area (Å²) in [6.07, 6.45) is 0.900. The molecule has 1 atom stereocenters. The second-order valence-corrected chi connectivity index (χ2v) is 5.41. The Kier molecular flexibility index (Phi) is 6.63. The van der Waals surface area contributed by atoms with Gasteiger partial charge in [0.05, 0.1) is 19.3 Å². The zero-order chi connectivity index (χ0) is 17.5. The fourth-order valence-corrected chi connectivity index (χ4v) is 2.27. The van der Waals surface area contributed by atoms with Crippen LogP contribution in [0.25, 0.3) is 0 Å². The summed E-state index contributed by atoms with van der Waals surface area (Å²) in [5.74, 6) is -3.34. The van der Waals surface area contributed by atoms with E-state index in [9.17, 15) is 18.3 Å². The highest BCUT2D eigenvalue weighted by Crippen LogP contribution is 2.20. The van der Waals surface area contributed by atoms with Crippen molar-refractivity contribution in [3.05, 3.63) is 65.0 Å². The number of benzene rings is 2. The predicted octanol–water partition coefficient (Wildman–Crippen LogP) is 3.72. The lowest BCUT2D eigenvalue weighted by Gasteiger charge is -2.17. The second-order valence-electron chi connectivity index (χ2n) is 5.41. The lowest BCUT2D eigenvalue weighted by atomic mass is 10.1. The molecule has 24 heavy (non-hydrogen) atoms. The fourth-order valence-electron chi connectivity index (χ4n) is 2.27. The molecule has 6 heteroatoms. The molecule has 2 N–H and O–H groups in total. The summed E-state index contributed by atoms with van der Waals surface area (Å²) in [5, 5.41) is 12.5. The number of halogens is 3. The summed E-state index contributed by atoms with van der Waals surface area (Å²) < 4.78 is 45.2. The smallest absolute Gasteiger partial charge is 0.194 e. The molecule has 130 valence electrons. The van der Waals surface area contributed by atoms with Crippen LogP contribution in [-0.2, 0) is 6.54 Å². The van der Waals surface area contributed by atoms with Crippen molar-refractivity contribution >= 4 is 0 Å². The number of aliphatic hydroxyl groups excluding tert-OH is 1. The van der Waals surface area contributed by atoms with E-state index >= 15 is 0 Å². The minimum Gasteiger partial charge on any atom is -0.494 e. The Morgan fingerprint density at radius 1 is 1.12 bits per heavy atom. The molecule has 0 amide bonds. The summed E-state index contributed by atoms with van der Waals surface area (Å²) in [6, 6.07) is 8.45. The van der Waals surface area contributed by atoms with Gasteiger partial charge in [-0.15, -0.1) is 0 Å². The molecule has 1 unspecified atom stereocenters. The quantitative estimate of drug-likeness (QED) is 0.721. The van der Waals surface area contributed by atoms with E-state index in [-0.39, 0.29) is 12.2 Å². The molecule has 0 aliphatic heterocycles. The Labute approximate surface area is 139 Å². The molecular weight excluding hydrogens is 319 g/mol. The molecule has 0 aromatic heterocycles. The van der Waals surface area contributed by atoms with Gasteiger partial charge in [0.25, 0.3) is 0 Å². The fraction of sp³-hybridized carbons (Fsp3) is 0.333. The SMILES string of the molecule is CCCOc1cccc(CNC(CO)c2cc(F)c(F)c(F)c2)c1. The number of nitrogens with one attached hydrogen (secondary N) is 1. The molecule has 2 aromatic carbocycles. The van der Waals surface area contributed by atoms with E-state index in [1.807, 2.05) is 31.2 Å². The molecule has 2 aromatic rings. The third-order valence-corrected chi connectivity index (χ3v) is 3.51. The van der Waals surface area contributed by atoms with E-state index < -0.39 is 23.5 Å². The van der Waals surface area contributed by atoms with Crippen LogP contribution < -0.4 is 10.1 Å². The van der Waals surface area contributed by atoms with E-state index in [4.69, 9.17) is 4.74 Å². The van der Waals surface area contributed by atoms with Gasteiger partial charge in [0, 0.05) is 6.54 Å². The Balaban J connectivity index is 2.06. The van der Waals surface area contributed by atoms with Gasteiger partial charge in [-0.3, -0.25) is 0 Å². The highest BCUT2D eigenvalue weighted by atomic mass is 19.2. The zero-order valence-electron chi connectivity index (χ0n) is 13.4. The topological polar surface area (TPSA) is 41.5 Å². The Morgan fingerprint density at radius 2 is 1.83 bits per heavy atom. The van der Waals surface area contributed by atoms with Crippen LogP contribution in [0, 0.1) is 17.5 Å². The van der Waals surface area contributed by atoms with Gasteiger partial charge in [0.1, 0.15) is 5.75 Å². The first-order chi connectivity index (χ1) is 11.5. The van der Waals surface area contributed by atoms with Crippen molar-refractivity contribution in [3.8, 4) is 5.75 Å². The maximum atomic E-state index is 13.3. The monoisotopic (exact) mass is 339 g/mol. The largest absolute Gasteiger partial charge is 0.494 e. The molecule has 0 saturated heterocycles. The zero-order valence-corrected chi connectivity index (χ0v) is 13.4. The van der Waals surface area contributed by atoms with Crippen molar-refractivity contribution in [1.82, 2.24) is 5.32 Å². The summed E-state index contributed by atoms with van der Waals surface area (Å²) in [7, 11) is 0. The molecule has 0 spiro atoms. The van der Waals surface area contributed by atoms with Gasteiger partial charge in [0.2, 0.25) is 0 Å². The number of aliphatic hydroxyl groups is 1. The van der Waals surface area contributed by atoms with Gasteiger partial charge in [0.15, 0.2) is 17.5 Å². The second kappa shape index (κ2) is 8.70. The molecule has 0 aliphatic carbocycles. The van der Waals surface area contributed by atoms with Crippen molar-refractivity contribution in [2.24, 2.45) is 0 Å². The third kappa shape index (κ3) is 4.72. The maximum Gasteiger partial charge on any atom is 0.194 e. The first kappa shape index (κ1) is 18.3. The number of hydrogen-bond acceptors (Lipinski definition) is 3. The summed E-state index contributed by atoms with van der Waals surface area (Å²) in [5.41, 5.74) is 1.04. The Hall–Kier alpha value is -2.05. The maximum absolute atomic E-state index is 13.3. The molecule has 0 radical (unpaired) electrons. The van der Waals surface area contributed by atoms with Crippen LogP contribution in [0.3, 0.4) is 0 Å².